The van der Waals surface area contributed by atoms with E-state index >= 15 is 0 Å². The van der Waals surface area contributed by atoms with Gasteiger partial charge in [0.1, 0.15) is 6.04 Å². The molecule has 0 radical (unpaired) electrons. The van der Waals surface area contributed by atoms with Gasteiger partial charge in [-0.2, -0.15) is 4.98 Å². The molecule has 0 spiro atoms. The molecule has 1 aromatic carbocycles. The largest absolute Gasteiger partial charge is 0.337 e. The molecule has 1 fully saturated rings. The summed E-state index contributed by atoms with van der Waals surface area (Å²) in [7, 11) is 1.77. The summed E-state index contributed by atoms with van der Waals surface area (Å²) in [6.07, 6.45) is 5.72. The minimum absolute atomic E-state index is 0.00867. The van der Waals surface area contributed by atoms with Crippen LogP contribution in [0.25, 0.3) is 11.4 Å². The first-order valence-electron chi connectivity index (χ1n) is 9.49. The Hall–Kier alpha value is -3.06. The summed E-state index contributed by atoms with van der Waals surface area (Å²) in [4.78, 5) is 25.8. The molecule has 1 unspecified atom stereocenters. The number of pyridine rings is 1. The molecule has 144 valence electrons. The van der Waals surface area contributed by atoms with Gasteiger partial charge in [0, 0.05) is 25.0 Å². The van der Waals surface area contributed by atoms with Gasteiger partial charge in [0.25, 0.3) is 0 Å². The van der Waals surface area contributed by atoms with Crippen molar-refractivity contribution in [2.75, 3.05) is 20.1 Å². The van der Waals surface area contributed by atoms with E-state index < -0.39 is 0 Å². The van der Waals surface area contributed by atoms with Crippen molar-refractivity contribution in [2.45, 2.75) is 25.4 Å². The fourth-order valence-corrected chi connectivity index (χ4v) is 3.56. The average Bonchev–Trinajstić information content (AvgIpc) is 3.42. The number of amides is 1. The van der Waals surface area contributed by atoms with Crippen LogP contribution in [0.1, 0.15) is 30.3 Å². The highest BCUT2D eigenvalue weighted by molar-refractivity contribution is 5.83. The fourth-order valence-electron chi connectivity index (χ4n) is 3.56. The Balaban J connectivity index is 1.50. The highest BCUT2D eigenvalue weighted by atomic mass is 16.5. The second-order valence-electron chi connectivity index (χ2n) is 7.00. The number of nitrogens with zero attached hydrogens (tertiary/aromatic N) is 5. The molecule has 3 heterocycles. The van der Waals surface area contributed by atoms with Crippen LogP contribution in [-0.4, -0.2) is 51.0 Å². The van der Waals surface area contributed by atoms with Crippen molar-refractivity contribution in [2.24, 2.45) is 0 Å². The average molecular weight is 377 g/mol. The van der Waals surface area contributed by atoms with Gasteiger partial charge >= 0.3 is 0 Å². The van der Waals surface area contributed by atoms with Crippen molar-refractivity contribution >= 4 is 5.91 Å². The van der Waals surface area contributed by atoms with E-state index in [1.54, 1.807) is 24.3 Å². The standard InChI is InChI=1S/C21H23N5O2/c1-25(15-18-23-20(24-28-18)16-8-3-2-4-9-16)21(27)19(26-12-5-6-13-26)17-10-7-11-22-14-17/h2-4,7-11,14,19H,5-6,12-13,15H2,1H3. The maximum atomic E-state index is 13.3. The minimum Gasteiger partial charge on any atom is -0.337 e. The lowest BCUT2D eigenvalue weighted by molar-refractivity contribution is -0.136. The van der Waals surface area contributed by atoms with Crippen molar-refractivity contribution in [1.29, 1.82) is 0 Å². The van der Waals surface area contributed by atoms with E-state index in [0.29, 0.717) is 11.7 Å². The van der Waals surface area contributed by atoms with Gasteiger partial charge in [0.2, 0.25) is 17.6 Å². The molecular formula is C21H23N5O2. The second kappa shape index (κ2) is 8.31. The zero-order valence-corrected chi connectivity index (χ0v) is 15.9. The number of carbonyl (C=O) groups excluding carboxylic acids is 1. The molecule has 2 aromatic heterocycles. The summed E-state index contributed by atoms with van der Waals surface area (Å²) in [5.74, 6) is 0.954. The number of carbonyl (C=O) groups is 1. The van der Waals surface area contributed by atoms with Gasteiger partial charge in [0.15, 0.2) is 0 Å². The van der Waals surface area contributed by atoms with Gasteiger partial charge in [-0.1, -0.05) is 41.6 Å². The Morgan fingerprint density at radius 3 is 2.68 bits per heavy atom. The molecule has 1 amide bonds. The molecule has 1 aliphatic heterocycles. The van der Waals surface area contributed by atoms with Crippen molar-refractivity contribution in [3.63, 3.8) is 0 Å². The molecule has 0 bridgehead atoms. The predicted octanol–water partition coefficient (Wildman–Crippen LogP) is 2.93. The topological polar surface area (TPSA) is 75.4 Å². The normalized spacial score (nSPS) is 15.5. The predicted molar refractivity (Wildman–Crippen MR) is 104 cm³/mol. The number of benzene rings is 1. The smallest absolute Gasteiger partial charge is 0.246 e. The summed E-state index contributed by atoms with van der Waals surface area (Å²) in [6, 6.07) is 13.1. The van der Waals surface area contributed by atoms with E-state index in [0.717, 1.165) is 37.1 Å². The lowest BCUT2D eigenvalue weighted by Gasteiger charge is -2.30. The minimum atomic E-state index is -0.335. The van der Waals surface area contributed by atoms with E-state index in [2.05, 4.69) is 20.0 Å². The molecular weight excluding hydrogens is 354 g/mol. The molecule has 1 atom stereocenters. The SMILES string of the molecule is CN(Cc1nc(-c2ccccc2)no1)C(=O)C(c1cccnc1)N1CCCC1. The number of hydrogen-bond acceptors (Lipinski definition) is 6. The van der Waals surface area contributed by atoms with Crippen LogP contribution in [0.3, 0.4) is 0 Å². The first kappa shape index (κ1) is 18.3. The maximum Gasteiger partial charge on any atom is 0.246 e. The van der Waals surface area contributed by atoms with E-state index in [4.69, 9.17) is 4.52 Å². The Bertz CT molecular complexity index is 907. The number of likely N-dealkylation sites (tertiary alicyclic amines) is 1. The molecule has 4 rings (SSSR count). The third-order valence-corrected chi connectivity index (χ3v) is 4.99. The van der Waals surface area contributed by atoms with Crippen molar-refractivity contribution < 1.29 is 9.32 Å². The first-order chi connectivity index (χ1) is 13.7. The van der Waals surface area contributed by atoms with Gasteiger partial charge < -0.3 is 9.42 Å². The Labute approximate surface area is 164 Å². The monoisotopic (exact) mass is 377 g/mol. The van der Waals surface area contributed by atoms with E-state index in [9.17, 15) is 4.79 Å². The molecule has 0 aliphatic carbocycles. The van der Waals surface area contributed by atoms with Gasteiger partial charge in [-0.15, -0.1) is 0 Å². The van der Waals surface area contributed by atoms with Gasteiger partial charge in [-0.3, -0.25) is 14.7 Å². The summed E-state index contributed by atoms with van der Waals surface area (Å²) in [6.45, 7) is 2.10. The van der Waals surface area contributed by atoms with Crippen LogP contribution in [0, 0.1) is 0 Å². The zero-order chi connectivity index (χ0) is 19.3. The fraction of sp³-hybridized carbons (Fsp3) is 0.333. The van der Waals surface area contributed by atoms with Gasteiger partial charge in [0.05, 0.1) is 6.54 Å². The lowest BCUT2D eigenvalue weighted by Crippen LogP contribution is -2.40. The molecule has 1 aliphatic rings. The van der Waals surface area contributed by atoms with E-state index in [1.807, 2.05) is 42.5 Å². The second-order valence-corrected chi connectivity index (χ2v) is 7.00. The van der Waals surface area contributed by atoms with Crippen LogP contribution in [0.2, 0.25) is 0 Å². The van der Waals surface area contributed by atoms with E-state index in [-0.39, 0.29) is 18.5 Å². The Kier molecular flexibility index (Phi) is 5.43. The molecule has 7 nitrogen and oxygen atoms in total. The van der Waals surface area contributed by atoms with Crippen LogP contribution in [-0.2, 0) is 11.3 Å². The van der Waals surface area contributed by atoms with Gasteiger partial charge in [-0.25, -0.2) is 0 Å². The molecule has 3 aromatic rings. The van der Waals surface area contributed by atoms with Gasteiger partial charge in [-0.05, 0) is 37.6 Å². The Morgan fingerprint density at radius 1 is 1.18 bits per heavy atom. The van der Waals surface area contributed by atoms with Crippen molar-refractivity contribution in [3.8, 4) is 11.4 Å². The molecule has 7 heteroatoms. The summed E-state index contributed by atoms with van der Waals surface area (Å²) in [5.41, 5.74) is 1.80. The maximum absolute atomic E-state index is 13.3. The number of likely N-dealkylation sites (N-methyl/N-ethyl adjacent to an activating group) is 1. The van der Waals surface area contributed by atoms with Crippen molar-refractivity contribution in [1.82, 2.24) is 24.9 Å². The highest BCUT2D eigenvalue weighted by Crippen LogP contribution is 2.27. The summed E-state index contributed by atoms with van der Waals surface area (Å²) < 4.78 is 5.37. The first-order valence-corrected chi connectivity index (χ1v) is 9.49. The Morgan fingerprint density at radius 2 is 1.96 bits per heavy atom. The van der Waals surface area contributed by atoms with Crippen LogP contribution >= 0.6 is 0 Å². The van der Waals surface area contributed by atoms with Crippen LogP contribution in [0.5, 0.6) is 0 Å². The molecule has 1 saturated heterocycles. The third kappa shape index (κ3) is 3.94. The number of aromatic nitrogens is 3. The van der Waals surface area contributed by atoms with E-state index in [1.165, 1.54) is 0 Å². The van der Waals surface area contributed by atoms with Crippen LogP contribution in [0.4, 0.5) is 0 Å². The summed E-state index contributed by atoms with van der Waals surface area (Å²) in [5, 5.41) is 4.03. The molecule has 28 heavy (non-hydrogen) atoms. The molecule has 0 saturated carbocycles. The van der Waals surface area contributed by atoms with Crippen molar-refractivity contribution in [3.05, 3.63) is 66.3 Å². The third-order valence-electron chi connectivity index (χ3n) is 4.99. The van der Waals surface area contributed by atoms with Crippen LogP contribution in [0.15, 0.2) is 59.4 Å². The lowest BCUT2D eigenvalue weighted by atomic mass is 10.1. The summed E-state index contributed by atoms with van der Waals surface area (Å²) >= 11 is 0. The zero-order valence-electron chi connectivity index (χ0n) is 15.9. The molecule has 0 N–H and O–H groups in total. The number of rotatable bonds is 6. The number of hydrogen-bond donors (Lipinski definition) is 0. The highest BCUT2D eigenvalue weighted by Gasteiger charge is 2.32. The van der Waals surface area contributed by atoms with Crippen LogP contribution < -0.4 is 0 Å². The quantitative estimate of drug-likeness (QED) is 0.657.